The lowest BCUT2D eigenvalue weighted by Gasteiger charge is -2.24. The zero-order valence-corrected chi connectivity index (χ0v) is 15.6. The topological polar surface area (TPSA) is 38.3 Å². The van der Waals surface area contributed by atoms with E-state index in [4.69, 9.17) is 16.3 Å². The van der Waals surface area contributed by atoms with Gasteiger partial charge in [-0.25, -0.2) is 0 Å². The lowest BCUT2D eigenvalue weighted by atomic mass is 10.0. The first-order valence-corrected chi connectivity index (χ1v) is 9.16. The smallest absolute Gasteiger partial charge is 0.141 e. The molecule has 0 aliphatic carbocycles. The Kier molecular flexibility index (Phi) is 6.06. The number of halogens is 2. The summed E-state index contributed by atoms with van der Waals surface area (Å²) in [6, 6.07) is 13.5. The second-order valence-electron chi connectivity index (χ2n) is 5.93. The highest BCUT2D eigenvalue weighted by atomic mass is 79.9. The van der Waals surface area contributed by atoms with Crippen molar-refractivity contribution < 1.29 is 9.53 Å². The van der Waals surface area contributed by atoms with Crippen LogP contribution in [-0.2, 0) is 22.4 Å². The summed E-state index contributed by atoms with van der Waals surface area (Å²) in [5, 5.41) is 4.01. The Morgan fingerprint density at radius 1 is 1.21 bits per heavy atom. The van der Waals surface area contributed by atoms with Gasteiger partial charge >= 0.3 is 0 Å². The van der Waals surface area contributed by atoms with E-state index >= 15 is 0 Å². The number of rotatable bonds is 5. The van der Waals surface area contributed by atoms with Crippen LogP contribution in [0, 0.1) is 0 Å². The minimum atomic E-state index is 0.0777. The maximum atomic E-state index is 12.3. The van der Waals surface area contributed by atoms with Gasteiger partial charge in [-0.3, -0.25) is 4.79 Å². The fourth-order valence-electron chi connectivity index (χ4n) is 2.79. The fraction of sp³-hybridized carbons (Fsp3) is 0.316. The maximum Gasteiger partial charge on any atom is 0.141 e. The summed E-state index contributed by atoms with van der Waals surface area (Å²) in [4.78, 5) is 12.3. The van der Waals surface area contributed by atoms with E-state index in [1.807, 2.05) is 36.4 Å². The zero-order chi connectivity index (χ0) is 16.9. The molecular formula is C19H19BrClNO2. The predicted octanol–water partition coefficient (Wildman–Crippen LogP) is 4.12. The summed E-state index contributed by atoms with van der Waals surface area (Å²) in [5.74, 6) is 0.182. The number of hydrogen-bond acceptors (Lipinski definition) is 3. The van der Waals surface area contributed by atoms with Crippen molar-refractivity contribution in [3.8, 4) is 0 Å². The molecule has 0 spiro atoms. The molecule has 1 saturated heterocycles. The van der Waals surface area contributed by atoms with Crippen LogP contribution in [0.3, 0.4) is 0 Å². The van der Waals surface area contributed by atoms with E-state index in [1.165, 1.54) is 0 Å². The van der Waals surface area contributed by atoms with Crippen LogP contribution in [0.15, 0.2) is 46.9 Å². The molecule has 1 aliphatic heterocycles. The van der Waals surface area contributed by atoms with Gasteiger partial charge in [0.15, 0.2) is 0 Å². The molecule has 1 fully saturated rings. The minimum absolute atomic E-state index is 0.0777. The van der Waals surface area contributed by atoms with Gasteiger partial charge in [-0.2, -0.15) is 0 Å². The van der Waals surface area contributed by atoms with E-state index in [9.17, 15) is 4.79 Å². The molecule has 1 unspecified atom stereocenters. The lowest BCUT2D eigenvalue weighted by Crippen LogP contribution is -2.33. The van der Waals surface area contributed by atoms with E-state index in [0.29, 0.717) is 17.9 Å². The standard InChI is InChI=1S/C19H19BrClNO2/c20-18-11-15(19-12-22-7-8-24-19)4-3-14(18)10-17(23)9-13-1-5-16(21)6-2-13/h1-6,11,19,22H,7-10,12H2. The summed E-state index contributed by atoms with van der Waals surface area (Å²) in [6.45, 7) is 2.44. The highest BCUT2D eigenvalue weighted by Crippen LogP contribution is 2.26. The number of ether oxygens (including phenoxy) is 1. The van der Waals surface area contributed by atoms with Crippen molar-refractivity contribution in [1.29, 1.82) is 0 Å². The van der Waals surface area contributed by atoms with Crippen molar-refractivity contribution >= 4 is 33.3 Å². The molecular weight excluding hydrogens is 390 g/mol. The van der Waals surface area contributed by atoms with E-state index in [0.717, 1.165) is 40.9 Å². The second-order valence-corrected chi connectivity index (χ2v) is 7.22. The molecule has 0 radical (unpaired) electrons. The first kappa shape index (κ1) is 17.6. The molecule has 3 rings (SSSR count). The molecule has 0 aromatic heterocycles. The lowest BCUT2D eigenvalue weighted by molar-refractivity contribution is -0.117. The Morgan fingerprint density at radius 2 is 2.00 bits per heavy atom. The quantitative estimate of drug-likeness (QED) is 0.809. The van der Waals surface area contributed by atoms with Crippen LogP contribution in [0.25, 0.3) is 0 Å². The molecule has 2 aromatic rings. The van der Waals surface area contributed by atoms with E-state index in [2.05, 4.69) is 27.3 Å². The summed E-state index contributed by atoms with van der Waals surface area (Å²) >= 11 is 9.46. The molecule has 1 atom stereocenters. The summed E-state index contributed by atoms with van der Waals surface area (Å²) in [5.41, 5.74) is 3.11. The monoisotopic (exact) mass is 407 g/mol. The van der Waals surface area contributed by atoms with Crippen LogP contribution in [-0.4, -0.2) is 25.5 Å². The average Bonchev–Trinajstić information content (AvgIpc) is 2.59. The number of Topliss-reactive ketones (excluding diaryl/α,β-unsaturated/α-hetero) is 1. The number of ketones is 1. The molecule has 3 nitrogen and oxygen atoms in total. The Balaban J connectivity index is 1.64. The van der Waals surface area contributed by atoms with Crippen molar-refractivity contribution in [2.45, 2.75) is 18.9 Å². The van der Waals surface area contributed by atoms with Crippen LogP contribution >= 0.6 is 27.5 Å². The minimum Gasteiger partial charge on any atom is -0.371 e. The van der Waals surface area contributed by atoms with E-state index in [1.54, 1.807) is 0 Å². The van der Waals surface area contributed by atoms with Crippen LogP contribution in [0.5, 0.6) is 0 Å². The molecule has 0 saturated carbocycles. The van der Waals surface area contributed by atoms with Crippen molar-refractivity contribution in [3.05, 3.63) is 68.7 Å². The number of morpholine rings is 1. The van der Waals surface area contributed by atoms with E-state index in [-0.39, 0.29) is 11.9 Å². The van der Waals surface area contributed by atoms with Gasteiger partial charge in [0.2, 0.25) is 0 Å². The number of benzene rings is 2. The van der Waals surface area contributed by atoms with Gasteiger partial charge < -0.3 is 10.1 Å². The van der Waals surface area contributed by atoms with Crippen molar-refractivity contribution in [3.63, 3.8) is 0 Å². The maximum absolute atomic E-state index is 12.3. The molecule has 5 heteroatoms. The molecule has 1 aliphatic rings. The Bertz CT molecular complexity index is 712. The highest BCUT2D eigenvalue weighted by molar-refractivity contribution is 9.10. The number of nitrogens with one attached hydrogen (secondary N) is 1. The van der Waals surface area contributed by atoms with Crippen LogP contribution in [0.2, 0.25) is 5.02 Å². The highest BCUT2D eigenvalue weighted by Gasteiger charge is 2.17. The predicted molar refractivity (Wildman–Crippen MR) is 99.6 cm³/mol. The molecule has 126 valence electrons. The van der Waals surface area contributed by atoms with Gasteiger partial charge in [0, 0.05) is 35.4 Å². The van der Waals surface area contributed by atoms with Gasteiger partial charge in [-0.05, 0) is 34.9 Å². The number of carbonyl (C=O) groups is 1. The summed E-state index contributed by atoms with van der Waals surface area (Å²) in [7, 11) is 0. The summed E-state index contributed by atoms with van der Waals surface area (Å²) < 4.78 is 6.72. The average molecular weight is 409 g/mol. The van der Waals surface area contributed by atoms with Crippen LogP contribution in [0.1, 0.15) is 22.8 Å². The van der Waals surface area contributed by atoms with Gasteiger partial charge in [-0.15, -0.1) is 0 Å². The molecule has 24 heavy (non-hydrogen) atoms. The second kappa shape index (κ2) is 8.26. The molecule has 0 amide bonds. The zero-order valence-electron chi connectivity index (χ0n) is 13.2. The van der Waals surface area contributed by atoms with Gasteiger partial charge in [0.1, 0.15) is 5.78 Å². The molecule has 0 bridgehead atoms. The third-order valence-corrected chi connectivity index (χ3v) is 5.07. The number of hydrogen-bond donors (Lipinski definition) is 1. The SMILES string of the molecule is O=C(Cc1ccc(Cl)cc1)Cc1ccc(C2CNCCO2)cc1Br. The van der Waals surface area contributed by atoms with Crippen molar-refractivity contribution in [1.82, 2.24) is 5.32 Å². The molecule has 1 N–H and O–H groups in total. The Labute approximate surface area is 155 Å². The largest absolute Gasteiger partial charge is 0.371 e. The van der Waals surface area contributed by atoms with Crippen molar-refractivity contribution in [2.24, 2.45) is 0 Å². The van der Waals surface area contributed by atoms with Gasteiger partial charge in [0.25, 0.3) is 0 Å². The van der Waals surface area contributed by atoms with Crippen molar-refractivity contribution in [2.75, 3.05) is 19.7 Å². The third-order valence-electron chi connectivity index (χ3n) is 4.08. The van der Waals surface area contributed by atoms with Crippen LogP contribution < -0.4 is 5.32 Å². The first-order chi connectivity index (χ1) is 11.6. The molecule has 2 aromatic carbocycles. The van der Waals surface area contributed by atoms with Gasteiger partial charge in [-0.1, -0.05) is 51.8 Å². The summed E-state index contributed by atoms with van der Waals surface area (Å²) in [6.07, 6.45) is 0.905. The molecule has 1 heterocycles. The first-order valence-electron chi connectivity index (χ1n) is 7.98. The Hall–Kier alpha value is -1.20. The number of carbonyl (C=O) groups excluding carboxylic acids is 1. The third kappa shape index (κ3) is 4.67. The van der Waals surface area contributed by atoms with E-state index < -0.39 is 0 Å². The normalized spacial score (nSPS) is 17.7. The van der Waals surface area contributed by atoms with Gasteiger partial charge in [0.05, 0.1) is 12.7 Å². The Morgan fingerprint density at radius 3 is 2.67 bits per heavy atom. The van der Waals surface area contributed by atoms with Crippen LogP contribution in [0.4, 0.5) is 0 Å². The fourth-order valence-corrected chi connectivity index (χ4v) is 3.45.